The topological polar surface area (TPSA) is 62.0 Å². The number of amides is 1. The average molecular weight is 166 g/mol. The molecule has 2 N–H and O–H groups in total. The van der Waals surface area contributed by atoms with E-state index in [0.29, 0.717) is 11.4 Å². The van der Waals surface area contributed by atoms with Gasteiger partial charge in [0.2, 0.25) is 5.91 Å². The van der Waals surface area contributed by atoms with Gasteiger partial charge in [0.15, 0.2) is 5.78 Å². The molecular weight excluding hydrogens is 156 g/mol. The number of aromatic nitrogens is 1. The summed E-state index contributed by atoms with van der Waals surface area (Å²) in [6, 6.07) is 1.65. The highest BCUT2D eigenvalue weighted by Gasteiger charge is 2.08. The molecule has 0 fully saturated rings. The molecule has 0 unspecified atom stereocenters. The van der Waals surface area contributed by atoms with Gasteiger partial charge in [0.05, 0.1) is 5.69 Å². The van der Waals surface area contributed by atoms with E-state index in [0.717, 1.165) is 0 Å². The fraction of sp³-hybridized carbons (Fsp3) is 0.250. The summed E-state index contributed by atoms with van der Waals surface area (Å²) >= 11 is 0. The molecule has 0 aliphatic heterocycles. The number of rotatable bonds is 2. The molecular formula is C8H10N2O2. The van der Waals surface area contributed by atoms with Crippen LogP contribution in [0.4, 0.5) is 5.69 Å². The molecule has 4 heteroatoms. The Bertz CT molecular complexity index is 315. The zero-order valence-corrected chi connectivity index (χ0v) is 6.97. The van der Waals surface area contributed by atoms with Gasteiger partial charge in [-0.05, 0) is 6.07 Å². The van der Waals surface area contributed by atoms with Gasteiger partial charge in [-0.15, -0.1) is 0 Å². The van der Waals surface area contributed by atoms with Crippen LogP contribution in [0.15, 0.2) is 12.3 Å². The number of nitrogens with one attached hydrogen (secondary N) is 2. The van der Waals surface area contributed by atoms with Gasteiger partial charge in [-0.1, -0.05) is 0 Å². The molecule has 4 nitrogen and oxygen atoms in total. The number of H-pyrrole nitrogens is 1. The van der Waals surface area contributed by atoms with Crippen LogP contribution < -0.4 is 5.32 Å². The van der Waals surface area contributed by atoms with Crippen LogP contribution in [-0.4, -0.2) is 16.7 Å². The molecule has 0 saturated heterocycles. The van der Waals surface area contributed by atoms with Crippen molar-refractivity contribution in [1.29, 1.82) is 0 Å². The Morgan fingerprint density at radius 2 is 2.08 bits per heavy atom. The standard InChI is InChI=1S/C8H10N2O2/c1-5(11)8-7(3-4-9-8)10-6(2)12/h3-4,9H,1-2H3,(H,10,12). The Morgan fingerprint density at radius 1 is 1.42 bits per heavy atom. The molecule has 0 aliphatic rings. The van der Waals surface area contributed by atoms with E-state index in [9.17, 15) is 9.59 Å². The van der Waals surface area contributed by atoms with Crippen molar-refractivity contribution < 1.29 is 9.59 Å². The van der Waals surface area contributed by atoms with E-state index in [1.165, 1.54) is 13.8 Å². The summed E-state index contributed by atoms with van der Waals surface area (Å²) in [7, 11) is 0. The maximum Gasteiger partial charge on any atom is 0.221 e. The monoisotopic (exact) mass is 166 g/mol. The van der Waals surface area contributed by atoms with Gasteiger partial charge in [0.25, 0.3) is 0 Å². The number of anilines is 1. The van der Waals surface area contributed by atoms with Crippen LogP contribution in [0.3, 0.4) is 0 Å². The SMILES string of the molecule is CC(=O)Nc1cc[nH]c1C(C)=O. The van der Waals surface area contributed by atoms with Gasteiger partial charge < -0.3 is 10.3 Å². The van der Waals surface area contributed by atoms with Crippen LogP contribution in [-0.2, 0) is 4.79 Å². The maximum absolute atomic E-state index is 10.9. The highest BCUT2D eigenvalue weighted by atomic mass is 16.1. The number of carbonyl (C=O) groups excluding carboxylic acids is 2. The second kappa shape index (κ2) is 3.21. The summed E-state index contributed by atoms with van der Waals surface area (Å²) in [5.41, 5.74) is 0.972. The van der Waals surface area contributed by atoms with E-state index >= 15 is 0 Å². The summed E-state index contributed by atoms with van der Waals surface area (Å²) in [4.78, 5) is 24.3. The van der Waals surface area contributed by atoms with E-state index in [1.807, 2.05) is 0 Å². The number of carbonyl (C=O) groups is 2. The molecule has 64 valence electrons. The van der Waals surface area contributed by atoms with Crippen molar-refractivity contribution in [2.75, 3.05) is 5.32 Å². The number of Topliss-reactive ketones (excluding diaryl/α,β-unsaturated/α-hetero) is 1. The molecule has 0 bridgehead atoms. The van der Waals surface area contributed by atoms with Crippen molar-refractivity contribution in [2.45, 2.75) is 13.8 Å². The predicted molar refractivity (Wildman–Crippen MR) is 45.1 cm³/mol. The third-order valence-electron chi connectivity index (χ3n) is 1.41. The van der Waals surface area contributed by atoms with Crippen LogP contribution in [0.2, 0.25) is 0 Å². The maximum atomic E-state index is 10.9. The van der Waals surface area contributed by atoms with E-state index in [-0.39, 0.29) is 11.7 Å². The average Bonchev–Trinajstić information content (AvgIpc) is 2.33. The first-order valence-corrected chi connectivity index (χ1v) is 3.57. The van der Waals surface area contributed by atoms with Gasteiger partial charge in [0, 0.05) is 20.0 Å². The Balaban J connectivity index is 2.91. The Kier molecular flexibility index (Phi) is 2.28. The van der Waals surface area contributed by atoms with Gasteiger partial charge in [-0.3, -0.25) is 9.59 Å². The first kappa shape index (κ1) is 8.52. The lowest BCUT2D eigenvalue weighted by atomic mass is 10.3. The highest BCUT2D eigenvalue weighted by molar-refractivity contribution is 6.01. The van der Waals surface area contributed by atoms with Crippen LogP contribution in [0, 0.1) is 0 Å². The van der Waals surface area contributed by atoms with E-state index in [1.54, 1.807) is 12.3 Å². The molecule has 1 aromatic rings. The molecule has 1 aromatic heterocycles. The zero-order chi connectivity index (χ0) is 9.14. The summed E-state index contributed by atoms with van der Waals surface area (Å²) in [5, 5.41) is 2.54. The van der Waals surface area contributed by atoms with Crippen LogP contribution >= 0.6 is 0 Å². The van der Waals surface area contributed by atoms with Gasteiger partial charge in [0.1, 0.15) is 5.69 Å². The molecule has 1 rings (SSSR count). The van der Waals surface area contributed by atoms with Crippen molar-refractivity contribution >= 4 is 17.4 Å². The normalized spacial score (nSPS) is 9.50. The number of hydrogen-bond acceptors (Lipinski definition) is 2. The van der Waals surface area contributed by atoms with Gasteiger partial charge in [-0.2, -0.15) is 0 Å². The van der Waals surface area contributed by atoms with Crippen molar-refractivity contribution in [1.82, 2.24) is 4.98 Å². The minimum absolute atomic E-state index is 0.0937. The third-order valence-corrected chi connectivity index (χ3v) is 1.41. The Hall–Kier alpha value is -1.58. The summed E-state index contributed by atoms with van der Waals surface area (Å²) in [6.45, 7) is 2.84. The minimum Gasteiger partial charge on any atom is -0.357 e. The lowest BCUT2D eigenvalue weighted by molar-refractivity contribution is -0.114. The van der Waals surface area contributed by atoms with Crippen molar-refractivity contribution in [2.24, 2.45) is 0 Å². The Morgan fingerprint density at radius 3 is 2.58 bits per heavy atom. The molecule has 0 saturated carbocycles. The van der Waals surface area contributed by atoms with Crippen molar-refractivity contribution in [3.05, 3.63) is 18.0 Å². The van der Waals surface area contributed by atoms with Crippen LogP contribution in [0.1, 0.15) is 24.3 Å². The first-order chi connectivity index (χ1) is 5.61. The molecule has 0 spiro atoms. The van der Waals surface area contributed by atoms with E-state index in [2.05, 4.69) is 10.3 Å². The van der Waals surface area contributed by atoms with E-state index < -0.39 is 0 Å². The predicted octanol–water partition coefficient (Wildman–Crippen LogP) is 1.18. The smallest absolute Gasteiger partial charge is 0.221 e. The molecule has 1 heterocycles. The summed E-state index contributed by atoms with van der Waals surface area (Å²) in [6.07, 6.45) is 1.61. The van der Waals surface area contributed by atoms with E-state index in [4.69, 9.17) is 0 Å². The zero-order valence-electron chi connectivity index (χ0n) is 6.97. The number of aromatic amines is 1. The largest absolute Gasteiger partial charge is 0.357 e. The first-order valence-electron chi connectivity index (χ1n) is 3.57. The van der Waals surface area contributed by atoms with Crippen LogP contribution in [0.5, 0.6) is 0 Å². The van der Waals surface area contributed by atoms with Crippen molar-refractivity contribution in [3.63, 3.8) is 0 Å². The molecule has 0 aromatic carbocycles. The number of ketones is 1. The highest BCUT2D eigenvalue weighted by Crippen LogP contribution is 2.13. The van der Waals surface area contributed by atoms with Gasteiger partial charge >= 0.3 is 0 Å². The minimum atomic E-state index is -0.183. The summed E-state index contributed by atoms with van der Waals surface area (Å²) < 4.78 is 0. The van der Waals surface area contributed by atoms with Crippen LogP contribution in [0.25, 0.3) is 0 Å². The molecule has 0 aliphatic carbocycles. The second-order valence-electron chi connectivity index (χ2n) is 2.50. The number of hydrogen-bond donors (Lipinski definition) is 2. The molecule has 0 radical (unpaired) electrons. The lowest BCUT2D eigenvalue weighted by Gasteiger charge is -1.99. The quantitative estimate of drug-likeness (QED) is 0.648. The fourth-order valence-corrected chi connectivity index (χ4v) is 0.955. The summed E-state index contributed by atoms with van der Waals surface area (Å²) in [5.74, 6) is -0.277. The fourth-order valence-electron chi connectivity index (χ4n) is 0.955. The Labute approximate surface area is 70.0 Å². The molecule has 1 amide bonds. The lowest BCUT2D eigenvalue weighted by Crippen LogP contribution is -2.08. The second-order valence-corrected chi connectivity index (χ2v) is 2.50. The molecule has 12 heavy (non-hydrogen) atoms. The van der Waals surface area contributed by atoms with Gasteiger partial charge in [-0.25, -0.2) is 0 Å². The van der Waals surface area contributed by atoms with Crippen molar-refractivity contribution in [3.8, 4) is 0 Å². The molecule has 0 atom stereocenters. The third kappa shape index (κ3) is 1.72.